The highest BCUT2D eigenvalue weighted by Gasteiger charge is 2.38. The van der Waals surface area contributed by atoms with E-state index in [1.165, 1.54) is 36.8 Å². The summed E-state index contributed by atoms with van der Waals surface area (Å²) >= 11 is 1.79. The first-order valence-corrected chi connectivity index (χ1v) is 9.85. The highest BCUT2D eigenvalue weighted by molar-refractivity contribution is 7.13. The molecule has 0 saturated carbocycles. The van der Waals surface area contributed by atoms with Gasteiger partial charge in [0.25, 0.3) is 0 Å². The van der Waals surface area contributed by atoms with Gasteiger partial charge in [-0.05, 0) is 38.5 Å². The van der Waals surface area contributed by atoms with Gasteiger partial charge in [0.2, 0.25) is 0 Å². The molecule has 0 aromatic carbocycles. The lowest BCUT2D eigenvalue weighted by Crippen LogP contribution is -2.49. The SMILES string of the molecule is c1sc(N2CCCC2)nc1CNC1CCOC2(CCOCC2)C1. The lowest BCUT2D eigenvalue weighted by molar-refractivity contribution is -0.140. The molecule has 5 nitrogen and oxygen atoms in total. The van der Waals surface area contributed by atoms with Crippen LogP contribution in [0.5, 0.6) is 0 Å². The van der Waals surface area contributed by atoms with Crippen molar-refractivity contribution in [2.24, 2.45) is 0 Å². The second-order valence-corrected chi connectivity index (χ2v) is 7.87. The van der Waals surface area contributed by atoms with E-state index in [0.717, 1.165) is 52.0 Å². The lowest BCUT2D eigenvalue weighted by atomic mass is 9.84. The molecule has 4 heterocycles. The molecule has 23 heavy (non-hydrogen) atoms. The monoisotopic (exact) mass is 337 g/mol. The minimum Gasteiger partial charge on any atom is -0.381 e. The van der Waals surface area contributed by atoms with Crippen molar-refractivity contribution in [3.05, 3.63) is 11.1 Å². The quantitative estimate of drug-likeness (QED) is 0.915. The number of rotatable bonds is 4. The highest BCUT2D eigenvalue weighted by Crippen LogP contribution is 2.34. The molecule has 0 amide bonds. The number of hydrogen-bond acceptors (Lipinski definition) is 6. The van der Waals surface area contributed by atoms with E-state index >= 15 is 0 Å². The van der Waals surface area contributed by atoms with E-state index in [-0.39, 0.29) is 5.60 Å². The maximum Gasteiger partial charge on any atom is 0.185 e. The Balaban J connectivity index is 1.30. The molecule has 128 valence electrons. The van der Waals surface area contributed by atoms with Gasteiger partial charge in [-0.2, -0.15) is 0 Å². The topological polar surface area (TPSA) is 46.6 Å². The van der Waals surface area contributed by atoms with E-state index < -0.39 is 0 Å². The molecule has 0 radical (unpaired) electrons. The number of aromatic nitrogens is 1. The van der Waals surface area contributed by atoms with E-state index in [4.69, 9.17) is 14.5 Å². The zero-order chi connectivity index (χ0) is 15.5. The zero-order valence-electron chi connectivity index (χ0n) is 13.8. The van der Waals surface area contributed by atoms with Gasteiger partial charge in [-0.15, -0.1) is 11.3 Å². The fourth-order valence-corrected chi connectivity index (χ4v) is 4.85. The van der Waals surface area contributed by atoms with Crippen LogP contribution in [0.1, 0.15) is 44.2 Å². The summed E-state index contributed by atoms with van der Waals surface area (Å²) in [5.41, 5.74) is 1.25. The number of nitrogens with zero attached hydrogens (tertiary/aromatic N) is 2. The van der Waals surface area contributed by atoms with E-state index in [9.17, 15) is 0 Å². The van der Waals surface area contributed by atoms with Crippen LogP contribution in [0.25, 0.3) is 0 Å². The maximum absolute atomic E-state index is 6.12. The molecule has 3 fully saturated rings. The van der Waals surface area contributed by atoms with E-state index in [2.05, 4.69) is 15.6 Å². The summed E-state index contributed by atoms with van der Waals surface area (Å²) in [7, 11) is 0. The van der Waals surface area contributed by atoms with Gasteiger partial charge in [0, 0.05) is 50.9 Å². The summed E-state index contributed by atoms with van der Waals surface area (Å²) in [6, 6.07) is 0.541. The largest absolute Gasteiger partial charge is 0.381 e. The Morgan fingerprint density at radius 2 is 2.09 bits per heavy atom. The number of nitrogens with one attached hydrogen (secondary N) is 1. The van der Waals surface area contributed by atoms with Crippen molar-refractivity contribution in [2.75, 3.05) is 37.8 Å². The molecular formula is C17H27N3O2S. The fourth-order valence-electron chi connectivity index (χ4n) is 3.97. The van der Waals surface area contributed by atoms with Crippen molar-refractivity contribution < 1.29 is 9.47 Å². The van der Waals surface area contributed by atoms with Crippen molar-refractivity contribution in [3.63, 3.8) is 0 Å². The van der Waals surface area contributed by atoms with Gasteiger partial charge in [0.15, 0.2) is 5.13 Å². The molecule has 1 atom stereocenters. The summed E-state index contributed by atoms with van der Waals surface area (Å²) in [5, 5.41) is 7.13. The normalized spacial score (nSPS) is 27.7. The number of hydrogen-bond donors (Lipinski definition) is 1. The van der Waals surface area contributed by atoms with Gasteiger partial charge in [-0.1, -0.05) is 0 Å². The number of anilines is 1. The first kappa shape index (κ1) is 15.8. The second kappa shape index (κ2) is 7.05. The molecule has 1 unspecified atom stereocenters. The Hall–Kier alpha value is -0.690. The molecule has 3 aliphatic heterocycles. The van der Waals surface area contributed by atoms with Crippen molar-refractivity contribution in [3.8, 4) is 0 Å². The van der Waals surface area contributed by atoms with E-state index in [1.807, 2.05) is 0 Å². The fraction of sp³-hybridized carbons (Fsp3) is 0.824. The lowest BCUT2D eigenvalue weighted by Gasteiger charge is -2.43. The molecule has 4 rings (SSSR count). The van der Waals surface area contributed by atoms with Crippen molar-refractivity contribution in [1.29, 1.82) is 0 Å². The molecule has 1 aromatic heterocycles. The van der Waals surface area contributed by atoms with Crippen LogP contribution >= 0.6 is 11.3 Å². The Morgan fingerprint density at radius 3 is 2.91 bits per heavy atom. The number of ether oxygens (including phenoxy) is 2. The van der Waals surface area contributed by atoms with Crippen LogP contribution in [0.4, 0.5) is 5.13 Å². The van der Waals surface area contributed by atoms with Crippen LogP contribution in [0, 0.1) is 0 Å². The Labute approximate surface area is 142 Å². The molecule has 1 aromatic rings. The molecule has 0 bridgehead atoms. The van der Waals surface area contributed by atoms with Crippen molar-refractivity contribution >= 4 is 16.5 Å². The van der Waals surface area contributed by atoms with Crippen molar-refractivity contribution in [2.45, 2.75) is 56.7 Å². The van der Waals surface area contributed by atoms with Crippen molar-refractivity contribution in [1.82, 2.24) is 10.3 Å². The molecular weight excluding hydrogens is 310 g/mol. The summed E-state index contributed by atoms with van der Waals surface area (Å²) in [6.07, 6.45) is 6.91. The summed E-state index contributed by atoms with van der Waals surface area (Å²) < 4.78 is 11.6. The third-order valence-electron chi connectivity index (χ3n) is 5.39. The van der Waals surface area contributed by atoms with Gasteiger partial charge < -0.3 is 19.7 Å². The van der Waals surface area contributed by atoms with Gasteiger partial charge in [0.05, 0.1) is 11.3 Å². The third-order valence-corrected chi connectivity index (χ3v) is 6.34. The molecule has 3 saturated heterocycles. The average Bonchev–Trinajstić information content (AvgIpc) is 3.25. The van der Waals surface area contributed by atoms with E-state index in [0.29, 0.717) is 6.04 Å². The smallest absolute Gasteiger partial charge is 0.185 e. The molecule has 1 N–H and O–H groups in total. The summed E-state index contributed by atoms with van der Waals surface area (Å²) in [5.74, 6) is 0. The predicted molar refractivity (Wildman–Crippen MR) is 92.2 cm³/mol. The molecule has 0 aliphatic carbocycles. The number of thiazole rings is 1. The minimum atomic E-state index is 0.0664. The van der Waals surface area contributed by atoms with Gasteiger partial charge in [0.1, 0.15) is 0 Å². The predicted octanol–water partition coefficient (Wildman–Crippen LogP) is 2.56. The maximum atomic E-state index is 6.12. The first-order chi connectivity index (χ1) is 11.3. The highest BCUT2D eigenvalue weighted by atomic mass is 32.1. The van der Waals surface area contributed by atoms with Gasteiger partial charge in [-0.25, -0.2) is 4.98 Å². The van der Waals surface area contributed by atoms with Crippen LogP contribution in [0.3, 0.4) is 0 Å². The van der Waals surface area contributed by atoms with Crippen LogP contribution in [-0.4, -0.2) is 49.5 Å². The Morgan fingerprint density at radius 1 is 1.26 bits per heavy atom. The van der Waals surface area contributed by atoms with Crippen LogP contribution in [0.2, 0.25) is 0 Å². The van der Waals surface area contributed by atoms with Crippen LogP contribution in [0.15, 0.2) is 5.38 Å². The average molecular weight is 337 g/mol. The van der Waals surface area contributed by atoms with Gasteiger partial charge in [-0.3, -0.25) is 0 Å². The molecule has 6 heteroatoms. The van der Waals surface area contributed by atoms with Crippen LogP contribution in [-0.2, 0) is 16.0 Å². The molecule has 1 spiro atoms. The molecule has 3 aliphatic rings. The summed E-state index contributed by atoms with van der Waals surface area (Å²) in [4.78, 5) is 7.23. The minimum absolute atomic E-state index is 0.0664. The standard InChI is InChI=1S/C17H27N3O2S/c1-2-7-20(6-1)16-19-15(13-23-16)12-18-14-3-8-22-17(11-14)4-9-21-10-5-17/h13-14,18H,1-12H2. The Kier molecular flexibility index (Phi) is 4.85. The van der Waals surface area contributed by atoms with Crippen LogP contribution < -0.4 is 10.2 Å². The van der Waals surface area contributed by atoms with E-state index in [1.54, 1.807) is 11.3 Å². The van der Waals surface area contributed by atoms with Gasteiger partial charge >= 0.3 is 0 Å². The Bertz CT molecular complexity index is 504. The first-order valence-electron chi connectivity index (χ1n) is 8.97. The second-order valence-electron chi connectivity index (χ2n) is 7.03. The summed E-state index contributed by atoms with van der Waals surface area (Å²) in [6.45, 7) is 5.78. The zero-order valence-corrected chi connectivity index (χ0v) is 14.6. The third kappa shape index (κ3) is 3.71.